The van der Waals surface area contributed by atoms with E-state index in [2.05, 4.69) is 10.2 Å². The Morgan fingerprint density at radius 2 is 2.25 bits per heavy atom. The van der Waals surface area contributed by atoms with Crippen LogP contribution in [0.25, 0.3) is 0 Å². The van der Waals surface area contributed by atoms with Gasteiger partial charge in [-0.05, 0) is 6.42 Å². The van der Waals surface area contributed by atoms with Crippen molar-refractivity contribution in [3.05, 3.63) is 0 Å². The Morgan fingerprint density at radius 1 is 1.44 bits per heavy atom. The number of nitrogens with one attached hydrogen (secondary N) is 1. The van der Waals surface area contributed by atoms with Gasteiger partial charge in [0.15, 0.2) is 0 Å². The molecule has 0 aromatic carbocycles. The smallest absolute Gasteiger partial charge is 0.219 e. The molecule has 2 atom stereocenters. The molecule has 0 bridgehead atoms. The topological polar surface area (TPSA) is 55.8 Å². The van der Waals surface area contributed by atoms with Crippen LogP contribution in [0.4, 0.5) is 0 Å². The van der Waals surface area contributed by atoms with E-state index in [0.29, 0.717) is 6.04 Å². The van der Waals surface area contributed by atoms with Crippen LogP contribution in [0, 0.1) is 0 Å². The van der Waals surface area contributed by atoms with E-state index >= 15 is 0 Å². The number of piperazine rings is 1. The first kappa shape index (κ1) is 11.8. The van der Waals surface area contributed by atoms with Gasteiger partial charge in [0.2, 0.25) is 5.91 Å². The minimum absolute atomic E-state index is 0.160. The first-order valence-electron chi connectivity index (χ1n) is 6.04. The van der Waals surface area contributed by atoms with Gasteiger partial charge in [-0.15, -0.1) is 0 Å². The van der Waals surface area contributed by atoms with Gasteiger partial charge in [0, 0.05) is 52.2 Å². The molecular formula is C11H21N3O2. The van der Waals surface area contributed by atoms with Crippen molar-refractivity contribution in [3.63, 3.8) is 0 Å². The van der Waals surface area contributed by atoms with Crippen molar-refractivity contribution < 1.29 is 9.90 Å². The zero-order chi connectivity index (χ0) is 11.5. The molecule has 1 amide bonds. The number of rotatable bonds is 2. The van der Waals surface area contributed by atoms with Crippen molar-refractivity contribution in [3.8, 4) is 0 Å². The number of nitrogens with zero attached hydrogens (tertiary/aromatic N) is 2. The maximum absolute atomic E-state index is 11.3. The van der Waals surface area contributed by atoms with Crippen LogP contribution < -0.4 is 5.32 Å². The molecule has 2 N–H and O–H groups in total. The van der Waals surface area contributed by atoms with Crippen molar-refractivity contribution in [1.82, 2.24) is 15.1 Å². The molecule has 5 heteroatoms. The number of amides is 1. The number of likely N-dealkylation sites (tertiary alicyclic amines) is 1. The highest BCUT2D eigenvalue weighted by Gasteiger charge is 2.26. The predicted octanol–water partition coefficient (Wildman–Crippen LogP) is -1.13. The Kier molecular flexibility index (Phi) is 3.78. The van der Waals surface area contributed by atoms with E-state index in [4.69, 9.17) is 0 Å². The molecule has 92 valence electrons. The van der Waals surface area contributed by atoms with Crippen LogP contribution in [-0.4, -0.2) is 72.2 Å². The fourth-order valence-corrected chi connectivity index (χ4v) is 2.52. The number of β-amino-alcohol motifs (C(OH)–C–C–N with tert-alkyl or cyclic N) is 1. The molecule has 2 fully saturated rings. The zero-order valence-electron chi connectivity index (χ0n) is 9.85. The van der Waals surface area contributed by atoms with Gasteiger partial charge in [0.05, 0.1) is 6.10 Å². The number of aliphatic hydroxyl groups excluding tert-OH is 1. The van der Waals surface area contributed by atoms with Crippen molar-refractivity contribution in [2.45, 2.75) is 25.5 Å². The predicted molar refractivity (Wildman–Crippen MR) is 61.1 cm³/mol. The summed E-state index contributed by atoms with van der Waals surface area (Å²) in [4.78, 5) is 15.4. The van der Waals surface area contributed by atoms with Gasteiger partial charge in [-0.3, -0.25) is 9.69 Å². The standard InChI is InChI=1S/C11H21N3O2/c1-9(15)14-5-3-12-10(7-14)6-13-4-2-11(16)8-13/h10-12,16H,2-8H2,1H3/t10-,11+/m1/s1. The summed E-state index contributed by atoms with van der Waals surface area (Å²) in [6, 6.07) is 0.350. The van der Waals surface area contributed by atoms with Gasteiger partial charge < -0.3 is 15.3 Å². The monoisotopic (exact) mass is 227 g/mol. The van der Waals surface area contributed by atoms with Crippen molar-refractivity contribution >= 4 is 5.91 Å². The number of hydrogen-bond donors (Lipinski definition) is 2. The van der Waals surface area contributed by atoms with E-state index in [0.717, 1.165) is 45.7 Å². The summed E-state index contributed by atoms with van der Waals surface area (Å²) in [6.45, 7) is 6.79. The molecular weight excluding hydrogens is 206 g/mol. The Morgan fingerprint density at radius 3 is 2.88 bits per heavy atom. The van der Waals surface area contributed by atoms with Crippen LogP contribution >= 0.6 is 0 Å². The van der Waals surface area contributed by atoms with E-state index in [9.17, 15) is 9.90 Å². The number of hydrogen-bond acceptors (Lipinski definition) is 4. The minimum Gasteiger partial charge on any atom is -0.392 e. The molecule has 5 nitrogen and oxygen atoms in total. The lowest BCUT2D eigenvalue weighted by atomic mass is 10.2. The molecule has 2 aliphatic rings. The lowest BCUT2D eigenvalue weighted by molar-refractivity contribution is -0.130. The van der Waals surface area contributed by atoms with Gasteiger partial charge in [0.1, 0.15) is 0 Å². The number of aliphatic hydroxyl groups is 1. The highest BCUT2D eigenvalue weighted by molar-refractivity contribution is 5.73. The third-order valence-electron chi connectivity index (χ3n) is 3.43. The average molecular weight is 227 g/mol. The molecule has 16 heavy (non-hydrogen) atoms. The number of carbonyl (C=O) groups excluding carboxylic acids is 1. The number of carbonyl (C=O) groups is 1. The lowest BCUT2D eigenvalue weighted by Gasteiger charge is -2.35. The Balaban J connectivity index is 1.79. The maximum Gasteiger partial charge on any atom is 0.219 e. The molecule has 2 saturated heterocycles. The van der Waals surface area contributed by atoms with Crippen LogP contribution in [-0.2, 0) is 4.79 Å². The second kappa shape index (κ2) is 5.12. The molecule has 0 radical (unpaired) electrons. The third kappa shape index (κ3) is 2.93. The molecule has 0 aromatic heterocycles. The van der Waals surface area contributed by atoms with Crippen molar-refractivity contribution in [2.24, 2.45) is 0 Å². The molecule has 0 saturated carbocycles. The van der Waals surface area contributed by atoms with Crippen molar-refractivity contribution in [1.29, 1.82) is 0 Å². The Bertz CT molecular complexity index is 260. The molecule has 2 heterocycles. The van der Waals surface area contributed by atoms with Crippen LogP contribution in [0.3, 0.4) is 0 Å². The molecule has 0 spiro atoms. The molecule has 0 aromatic rings. The first-order chi connectivity index (χ1) is 7.65. The van der Waals surface area contributed by atoms with Gasteiger partial charge in [-0.25, -0.2) is 0 Å². The van der Waals surface area contributed by atoms with E-state index < -0.39 is 0 Å². The maximum atomic E-state index is 11.3. The summed E-state index contributed by atoms with van der Waals surface area (Å²) in [5.74, 6) is 0.160. The van der Waals surface area contributed by atoms with Crippen LogP contribution in [0.2, 0.25) is 0 Å². The van der Waals surface area contributed by atoms with Crippen LogP contribution in [0.15, 0.2) is 0 Å². The van der Waals surface area contributed by atoms with Gasteiger partial charge in [-0.1, -0.05) is 0 Å². The van der Waals surface area contributed by atoms with Gasteiger partial charge in [0.25, 0.3) is 0 Å². The summed E-state index contributed by atoms with van der Waals surface area (Å²) in [5, 5.41) is 12.9. The Labute approximate surface area is 96.4 Å². The van der Waals surface area contributed by atoms with Crippen molar-refractivity contribution in [2.75, 3.05) is 39.3 Å². The SMILES string of the molecule is CC(=O)N1CCN[C@H](CN2CC[C@H](O)C2)C1. The first-order valence-corrected chi connectivity index (χ1v) is 6.04. The minimum atomic E-state index is -0.160. The highest BCUT2D eigenvalue weighted by Crippen LogP contribution is 2.10. The quantitative estimate of drug-likeness (QED) is 0.627. The second-order valence-electron chi connectivity index (χ2n) is 4.82. The van der Waals surface area contributed by atoms with E-state index in [1.807, 2.05) is 4.90 Å². The summed E-state index contributed by atoms with van der Waals surface area (Å²) in [6.07, 6.45) is 0.718. The fraction of sp³-hybridized carbons (Fsp3) is 0.909. The molecule has 0 aliphatic carbocycles. The van der Waals surface area contributed by atoms with E-state index in [-0.39, 0.29) is 12.0 Å². The molecule has 2 aliphatic heterocycles. The normalized spacial score (nSPS) is 32.0. The van der Waals surface area contributed by atoms with Gasteiger partial charge >= 0.3 is 0 Å². The lowest BCUT2D eigenvalue weighted by Crippen LogP contribution is -2.55. The second-order valence-corrected chi connectivity index (χ2v) is 4.82. The van der Waals surface area contributed by atoms with Crippen LogP contribution in [0.1, 0.15) is 13.3 Å². The average Bonchev–Trinajstić information content (AvgIpc) is 2.64. The summed E-state index contributed by atoms with van der Waals surface area (Å²) >= 11 is 0. The summed E-state index contributed by atoms with van der Waals surface area (Å²) in [7, 11) is 0. The highest BCUT2D eigenvalue weighted by atomic mass is 16.3. The van der Waals surface area contributed by atoms with E-state index in [1.54, 1.807) is 6.92 Å². The van der Waals surface area contributed by atoms with Gasteiger partial charge in [-0.2, -0.15) is 0 Å². The largest absolute Gasteiger partial charge is 0.392 e. The summed E-state index contributed by atoms with van der Waals surface area (Å²) in [5.41, 5.74) is 0. The molecule has 2 rings (SSSR count). The zero-order valence-corrected chi connectivity index (χ0v) is 9.85. The summed E-state index contributed by atoms with van der Waals surface area (Å²) < 4.78 is 0. The Hall–Kier alpha value is -0.650. The van der Waals surface area contributed by atoms with E-state index in [1.165, 1.54) is 0 Å². The molecule has 0 unspecified atom stereocenters. The fourth-order valence-electron chi connectivity index (χ4n) is 2.52. The third-order valence-corrected chi connectivity index (χ3v) is 3.43. The van der Waals surface area contributed by atoms with Crippen LogP contribution in [0.5, 0.6) is 0 Å².